The van der Waals surface area contributed by atoms with Crippen LogP contribution < -0.4 is 10.1 Å². The fourth-order valence-electron chi connectivity index (χ4n) is 3.32. The highest BCUT2D eigenvalue weighted by Crippen LogP contribution is 2.28. The van der Waals surface area contributed by atoms with Crippen LogP contribution in [0, 0.1) is 13.8 Å². The van der Waals surface area contributed by atoms with Gasteiger partial charge in [-0.25, -0.2) is 4.98 Å². The predicted octanol–water partition coefficient (Wildman–Crippen LogP) is 4.70. The van der Waals surface area contributed by atoms with E-state index in [1.807, 2.05) is 54.9 Å². The van der Waals surface area contributed by atoms with Crippen LogP contribution in [0.2, 0.25) is 0 Å². The quantitative estimate of drug-likeness (QED) is 0.635. The minimum atomic E-state index is -0.587. The number of imidazole rings is 1. The lowest BCUT2D eigenvalue weighted by Gasteiger charge is -2.20. The molecule has 0 aliphatic carbocycles. The van der Waals surface area contributed by atoms with Gasteiger partial charge in [0.1, 0.15) is 11.6 Å². The number of ether oxygens (including phenoxy) is 1. The lowest BCUT2D eigenvalue weighted by atomic mass is 10.0. The highest BCUT2D eigenvalue weighted by Gasteiger charge is 2.18. The molecule has 5 heteroatoms. The Balaban J connectivity index is 1.70. The molecule has 1 N–H and O–H groups in total. The van der Waals surface area contributed by atoms with E-state index in [4.69, 9.17) is 4.74 Å². The third-order valence-electron chi connectivity index (χ3n) is 4.99. The van der Waals surface area contributed by atoms with Crippen LogP contribution >= 0.6 is 0 Å². The third kappa shape index (κ3) is 4.86. The molecular weight excluding hydrogens is 362 g/mol. The number of para-hydroxylation sites is 1. The number of rotatable bonds is 7. The molecule has 1 unspecified atom stereocenters. The standard InChI is InChI=1S/C24H29N3O2/c1-16(2)21-11-10-17(3)14-23(21)29-18(4)24(28)26-15-20-8-6-7-9-22(20)27-13-12-25-19(27)5/h6-14,16,18H,15H2,1-5H3,(H,26,28). The number of nitrogens with zero attached hydrogens (tertiary/aromatic N) is 2. The Morgan fingerprint density at radius 3 is 2.59 bits per heavy atom. The largest absolute Gasteiger partial charge is 0.481 e. The molecule has 0 aliphatic heterocycles. The number of aryl methyl sites for hydroxylation is 2. The van der Waals surface area contributed by atoms with E-state index >= 15 is 0 Å². The maximum Gasteiger partial charge on any atom is 0.261 e. The molecule has 0 bridgehead atoms. The lowest BCUT2D eigenvalue weighted by Crippen LogP contribution is -2.36. The summed E-state index contributed by atoms with van der Waals surface area (Å²) in [6, 6.07) is 14.1. The van der Waals surface area contributed by atoms with Gasteiger partial charge in [-0.05, 0) is 55.5 Å². The summed E-state index contributed by atoms with van der Waals surface area (Å²) in [6.07, 6.45) is 3.11. The maximum atomic E-state index is 12.7. The van der Waals surface area contributed by atoms with Crippen LogP contribution in [0.1, 0.15) is 49.2 Å². The van der Waals surface area contributed by atoms with Gasteiger partial charge >= 0.3 is 0 Å². The molecule has 1 aromatic heterocycles. The van der Waals surface area contributed by atoms with Gasteiger partial charge in [-0.2, -0.15) is 0 Å². The molecule has 0 aliphatic rings. The molecule has 5 nitrogen and oxygen atoms in total. The summed E-state index contributed by atoms with van der Waals surface area (Å²) >= 11 is 0. The van der Waals surface area contributed by atoms with Crippen LogP contribution in [-0.2, 0) is 11.3 Å². The molecule has 3 aromatic rings. The van der Waals surface area contributed by atoms with E-state index in [1.165, 1.54) is 0 Å². The molecule has 0 saturated carbocycles. The number of carbonyl (C=O) groups excluding carboxylic acids is 1. The summed E-state index contributed by atoms with van der Waals surface area (Å²) in [6.45, 7) is 10.4. The van der Waals surface area contributed by atoms with Crippen molar-refractivity contribution in [2.75, 3.05) is 0 Å². The van der Waals surface area contributed by atoms with Crippen molar-refractivity contribution in [2.45, 2.75) is 53.2 Å². The molecular formula is C24H29N3O2. The maximum absolute atomic E-state index is 12.7. The second kappa shape index (κ2) is 8.95. The number of nitrogens with one attached hydrogen (secondary N) is 1. The summed E-state index contributed by atoms with van der Waals surface area (Å²) in [7, 11) is 0. The zero-order valence-electron chi connectivity index (χ0n) is 17.8. The lowest BCUT2D eigenvalue weighted by molar-refractivity contribution is -0.127. The molecule has 1 amide bonds. The molecule has 0 radical (unpaired) electrons. The van der Waals surface area contributed by atoms with E-state index in [0.717, 1.165) is 34.0 Å². The van der Waals surface area contributed by atoms with E-state index in [-0.39, 0.29) is 5.91 Å². The first-order valence-electron chi connectivity index (χ1n) is 10.00. The van der Waals surface area contributed by atoms with Gasteiger partial charge in [0.2, 0.25) is 0 Å². The fourth-order valence-corrected chi connectivity index (χ4v) is 3.32. The third-order valence-corrected chi connectivity index (χ3v) is 4.99. The summed E-state index contributed by atoms with van der Waals surface area (Å²) in [4.78, 5) is 17.0. The van der Waals surface area contributed by atoms with Crippen molar-refractivity contribution in [1.82, 2.24) is 14.9 Å². The van der Waals surface area contributed by atoms with Crippen molar-refractivity contribution in [3.63, 3.8) is 0 Å². The van der Waals surface area contributed by atoms with Crippen LogP contribution in [0.25, 0.3) is 5.69 Å². The first-order chi connectivity index (χ1) is 13.9. The van der Waals surface area contributed by atoms with Gasteiger partial charge in [-0.3, -0.25) is 4.79 Å². The Kier molecular flexibility index (Phi) is 6.37. The number of amides is 1. The summed E-state index contributed by atoms with van der Waals surface area (Å²) in [5, 5.41) is 3.01. The molecule has 0 spiro atoms. The normalized spacial score (nSPS) is 12.1. The Morgan fingerprint density at radius 1 is 1.14 bits per heavy atom. The summed E-state index contributed by atoms with van der Waals surface area (Å²) in [5.74, 6) is 1.86. The highest BCUT2D eigenvalue weighted by molar-refractivity contribution is 5.80. The van der Waals surface area contributed by atoms with Gasteiger partial charge in [0, 0.05) is 18.9 Å². The van der Waals surface area contributed by atoms with Gasteiger partial charge in [-0.15, -0.1) is 0 Å². The van der Waals surface area contributed by atoms with Crippen LogP contribution in [0.5, 0.6) is 5.75 Å². The summed E-state index contributed by atoms with van der Waals surface area (Å²) in [5.41, 5.74) is 4.25. The minimum absolute atomic E-state index is 0.140. The van der Waals surface area contributed by atoms with Crippen molar-refractivity contribution >= 4 is 5.91 Å². The van der Waals surface area contributed by atoms with Gasteiger partial charge in [-0.1, -0.05) is 44.2 Å². The Labute approximate surface area is 172 Å². The number of hydrogen-bond donors (Lipinski definition) is 1. The first kappa shape index (κ1) is 20.6. The van der Waals surface area contributed by atoms with E-state index in [1.54, 1.807) is 13.1 Å². The zero-order chi connectivity index (χ0) is 21.0. The SMILES string of the molecule is Cc1ccc(C(C)C)c(OC(C)C(=O)NCc2ccccc2-n2ccnc2C)c1. The number of aromatic nitrogens is 2. The second-order valence-corrected chi connectivity index (χ2v) is 7.65. The van der Waals surface area contributed by atoms with E-state index < -0.39 is 6.10 Å². The first-order valence-corrected chi connectivity index (χ1v) is 10.00. The van der Waals surface area contributed by atoms with E-state index in [2.05, 4.69) is 36.3 Å². The second-order valence-electron chi connectivity index (χ2n) is 7.65. The van der Waals surface area contributed by atoms with Gasteiger partial charge in [0.15, 0.2) is 6.10 Å². The highest BCUT2D eigenvalue weighted by atomic mass is 16.5. The average Bonchev–Trinajstić information content (AvgIpc) is 3.11. The van der Waals surface area contributed by atoms with Crippen molar-refractivity contribution in [3.8, 4) is 11.4 Å². The number of carbonyl (C=O) groups is 1. The van der Waals surface area contributed by atoms with Gasteiger partial charge in [0.05, 0.1) is 5.69 Å². The van der Waals surface area contributed by atoms with Crippen LogP contribution in [0.4, 0.5) is 0 Å². The van der Waals surface area contributed by atoms with Gasteiger partial charge in [0.25, 0.3) is 5.91 Å². The van der Waals surface area contributed by atoms with Crippen molar-refractivity contribution < 1.29 is 9.53 Å². The average molecular weight is 392 g/mol. The monoisotopic (exact) mass is 391 g/mol. The van der Waals surface area contributed by atoms with Crippen LogP contribution in [0.15, 0.2) is 54.9 Å². The van der Waals surface area contributed by atoms with Crippen molar-refractivity contribution in [3.05, 3.63) is 77.4 Å². The molecule has 1 atom stereocenters. The zero-order valence-corrected chi connectivity index (χ0v) is 17.8. The van der Waals surface area contributed by atoms with Crippen molar-refractivity contribution in [1.29, 1.82) is 0 Å². The van der Waals surface area contributed by atoms with Crippen LogP contribution in [-0.4, -0.2) is 21.6 Å². The Morgan fingerprint density at radius 2 is 1.90 bits per heavy atom. The molecule has 29 heavy (non-hydrogen) atoms. The molecule has 0 saturated heterocycles. The Bertz CT molecular complexity index is 991. The van der Waals surface area contributed by atoms with Crippen molar-refractivity contribution in [2.24, 2.45) is 0 Å². The Hall–Kier alpha value is -3.08. The topological polar surface area (TPSA) is 56.1 Å². The smallest absolute Gasteiger partial charge is 0.261 e. The molecule has 0 fully saturated rings. The van der Waals surface area contributed by atoms with Crippen LogP contribution in [0.3, 0.4) is 0 Å². The predicted molar refractivity (Wildman–Crippen MR) is 116 cm³/mol. The van der Waals surface area contributed by atoms with Gasteiger partial charge < -0.3 is 14.6 Å². The molecule has 1 heterocycles. The number of hydrogen-bond acceptors (Lipinski definition) is 3. The molecule has 2 aromatic carbocycles. The summed E-state index contributed by atoms with van der Waals surface area (Å²) < 4.78 is 8.05. The molecule has 3 rings (SSSR count). The van der Waals surface area contributed by atoms with E-state index in [9.17, 15) is 4.79 Å². The van der Waals surface area contributed by atoms with E-state index in [0.29, 0.717) is 12.5 Å². The fraction of sp³-hybridized carbons (Fsp3) is 0.333. The number of benzene rings is 2. The molecule has 152 valence electrons. The minimum Gasteiger partial charge on any atom is -0.481 e.